The highest BCUT2D eigenvalue weighted by Crippen LogP contribution is 2.33. The molecule has 0 unspecified atom stereocenters. The van der Waals surface area contributed by atoms with Crippen molar-refractivity contribution >= 4 is 27.3 Å². The van der Waals surface area contributed by atoms with Crippen molar-refractivity contribution in [3.05, 3.63) is 56.7 Å². The molecule has 0 amide bonds. The average molecular weight is 350 g/mol. The Bertz CT molecular complexity index is 520. The standard InChI is InChI=1S/C17H20BrNS/c18-15-9-7-14(8-10-15)13-19-11-3-1-2-5-16(19)17-6-4-12-20-17/h4,6-10,12,16H,1-3,5,11,13H2/t16-/m1/s1. The SMILES string of the molecule is Brc1ccc(CN2CCCCC[C@@H]2c2cccs2)cc1. The monoisotopic (exact) mass is 349 g/mol. The van der Waals surface area contributed by atoms with E-state index in [4.69, 9.17) is 0 Å². The van der Waals surface area contributed by atoms with Crippen LogP contribution in [0.2, 0.25) is 0 Å². The second-order valence-electron chi connectivity index (χ2n) is 5.48. The fourth-order valence-corrected chi connectivity index (χ4v) is 4.14. The van der Waals surface area contributed by atoms with Crippen LogP contribution in [0.5, 0.6) is 0 Å². The fourth-order valence-electron chi connectivity index (χ4n) is 2.98. The Morgan fingerprint density at radius 3 is 2.70 bits per heavy atom. The minimum Gasteiger partial charge on any atom is -0.291 e. The summed E-state index contributed by atoms with van der Waals surface area (Å²) < 4.78 is 1.16. The molecule has 0 spiro atoms. The van der Waals surface area contributed by atoms with Gasteiger partial charge in [-0.25, -0.2) is 0 Å². The molecule has 3 heteroatoms. The smallest absolute Gasteiger partial charge is 0.0445 e. The second kappa shape index (κ2) is 6.88. The Balaban J connectivity index is 1.78. The predicted molar refractivity (Wildman–Crippen MR) is 90.1 cm³/mol. The molecule has 1 nitrogen and oxygen atoms in total. The fraction of sp³-hybridized carbons (Fsp3) is 0.412. The Hall–Kier alpha value is -0.640. The molecule has 1 aliphatic heterocycles. The average Bonchev–Trinajstić information content (AvgIpc) is 2.89. The highest BCUT2D eigenvalue weighted by Gasteiger charge is 2.23. The van der Waals surface area contributed by atoms with E-state index < -0.39 is 0 Å². The molecule has 1 fully saturated rings. The van der Waals surface area contributed by atoms with Crippen molar-refractivity contribution < 1.29 is 0 Å². The number of hydrogen-bond acceptors (Lipinski definition) is 2. The van der Waals surface area contributed by atoms with Gasteiger partial charge in [-0.3, -0.25) is 4.90 Å². The summed E-state index contributed by atoms with van der Waals surface area (Å²) in [5, 5.41) is 2.21. The number of likely N-dealkylation sites (tertiary alicyclic amines) is 1. The molecular formula is C17H20BrNS. The van der Waals surface area contributed by atoms with Gasteiger partial charge < -0.3 is 0 Å². The molecule has 0 saturated carbocycles. The van der Waals surface area contributed by atoms with Gasteiger partial charge in [0.05, 0.1) is 0 Å². The van der Waals surface area contributed by atoms with Gasteiger partial charge in [0.1, 0.15) is 0 Å². The van der Waals surface area contributed by atoms with E-state index in [-0.39, 0.29) is 0 Å². The molecule has 2 aromatic rings. The lowest BCUT2D eigenvalue weighted by molar-refractivity contribution is 0.195. The molecule has 1 aliphatic rings. The van der Waals surface area contributed by atoms with Crippen LogP contribution in [0.3, 0.4) is 0 Å². The van der Waals surface area contributed by atoms with E-state index in [2.05, 4.69) is 62.6 Å². The van der Waals surface area contributed by atoms with Crippen molar-refractivity contribution in [1.29, 1.82) is 0 Å². The zero-order valence-corrected chi connectivity index (χ0v) is 14.0. The highest BCUT2D eigenvalue weighted by molar-refractivity contribution is 9.10. The Morgan fingerprint density at radius 2 is 1.95 bits per heavy atom. The van der Waals surface area contributed by atoms with Crippen LogP contribution in [0.25, 0.3) is 0 Å². The minimum absolute atomic E-state index is 0.612. The van der Waals surface area contributed by atoms with Gasteiger partial charge in [0, 0.05) is 21.9 Å². The van der Waals surface area contributed by atoms with Gasteiger partial charge in [-0.05, 0) is 48.5 Å². The summed E-state index contributed by atoms with van der Waals surface area (Å²) in [5.41, 5.74) is 1.41. The van der Waals surface area contributed by atoms with Crippen LogP contribution < -0.4 is 0 Å². The van der Waals surface area contributed by atoms with Crippen molar-refractivity contribution in [1.82, 2.24) is 4.90 Å². The number of benzene rings is 1. The van der Waals surface area contributed by atoms with Gasteiger partial charge in [-0.1, -0.05) is 47.0 Å². The molecule has 1 aromatic carbocycles. The largest absolute Gasteiger partial charge is 0.291 e. The summed E-state index contributed by atoms with van der Waals surface area (Å²) in [6, 6.07) is 13.9. The summed E-state index contributed by atoms with van der Waals surface area (Å²) >= 11 is 5.42. The van der Waals surface area contributed by atoms with E-state index in [0.717, 1.165) is 11.0 Å². The van der Waals surface area contributed by atoms with Crippen LogP contribution in [0, 0.1) is 0 Å². The van der Waals surface area contributed by atoms with Crippen LogP contribution in [-0.2, 0) is 6.54 Å². The highest BCUT2D eigenvalue weighted by atomic mass is 79.9. The summed E-state index contributed by atoms with van der Waals surface area (Å²) in [4.78, 5) is 4.20. The third-order valence-electron chi connectivity index (χ3n) is 4.03. The van der Waals surface area contributed by atoms with Gasteiger partial charge in [0.15, 0.2) is 0 Å². The first-order chi connectivity index (χ1) is 9.83. The zero-order chi connectivity index (χ0) is 13.8. The van der Waals surface area contributed by atoms with E-state index in [1.165, 1.54) is 42.7 Å². The van der Waals surface area contributed by atoms with Crippen LogP contribution in [0.1, 0.15) is 42.2 Å². The Morgan fingerprint density at radius 1 is 1.10 bits per heavy atom. The molecule has 2 heterocycles. The lowest BCUT2D eigenvalue weighted by Crippen LogP contribution is -2.27. The molecule has 0 N–H and O–H groups in total. The lowest BCUT2D eigenvalue weighted by atomic mass is 10.1. The number of thiophene rings is 1. The second-order valence-corrected chi connectivity index (χ2v) is 7.37. The Labute approximate surface area is 133 Å². The van der Waals surface area contributed by atoms with E-state index in [1.54, 1.807) is 0 Å². The molecule has 0 radical (unpaired) electrons. The molecule has 3 rings (SSSR count). The van der Waals surface area contributed by atoms with E-state index in [0.29, 0.717) is 6.04 Å². The van der Waals surface area contributed by atoms with Crippen molar-refractivity contribution in [2.45, 2.75) is 38.3 Å². The van der Waals surface area contributed by atoms with Gasteiger partial charge >= 0.3 is 0 Å². The van der Waals surface area contributed by atoms with Crippen molar-refractivity contribution in [2.24, 2.45) is 0 Å². The summed E-state index contributed by atoms with van der Waals surface area (Å²) in [5.74, 6) is 0. The molecule has 1 aromatic heterocycles. The lowest BCUT2D eigenvalue weighted by Gasteiger charge is -2.29. The van der Waals surface area contributed by atoms with Crippen molar-refractivity contribution in [3.63, 3.8) is 0 Å². The first kappa shape index (κ1) is 14.3. The normalized spacial score (nSPS) is 20.8. The predicted octanol–water partition coefficient (Wildman–Crippen LogP) is 5.63. The van der Waals surface area contributed by atoms with Gasteiger partial charge in [-0.15, -0.1) is 11.3 Å². The van der Waals surface area contributed by atoms with Crippen molar-refractivity contribution in [3.8, 4) is 0 Å². The minimum atomic E-state index is 0.612. The van der Waals surface area contributed by atoms with Crippen LogP contribution in [0.15, 0.2) is 46.3 Å². The first-order valence-corrected chi connectivity index (χ1v) is 9.02. The maximum absolute atomic E-state index is 3.51. The number of nitrogens with zero attached hydrogens (tertiary/aromatic N) is 1. The molecular weight excluding hydrogens is 330 g/mol. The quantitative estimate of drug-likeness (QED) is 0.694. The maximum Gasteiger partial charge on any atom is 0.0445 e. The van der Waals surface area contributed by atoms with Crippen molar-refractivity contribution in [2.75, 3.05) is 6.54 Å². The first-order valence-electron chi connectivity index (χ1n) is 7.35. The Kier molecular flexibility index (Phi) is 4.92. The number of hydrogen-bond donors (Lipinski definition) is 0. The molecule has 0 bridgehead atoms. The van der Waals surface area contributed by atoms with Crippen LogP contribution in [-0.4, -0.2) is 11.4 Å². The van der Waals surface area contributed by atoms with Gasteiger partial charge in [0.25, 0.3) is 0 Å². The molecule has 106 valence electrons. The molecule has 1 saturated heterocycles. The van der Waals surface area contributed by atoms with Crippen LogP contribution in [0.4, 0.5) is 0 Å². The van der Waals surface area contributed by atoms with E-state index in [1.807, 2.05) is 11.3 Å². The molecule has 1 atom stereocenters. The summed E-state index contributed by atoms with van der Waals surface area (Å²) in [6.45, 7) is 2.29. The molecule has 0 aliphatic carbocycles. The van der Waals surface area contributed by atoms with E-state index in [9.17, 15) is 0 Å². The summed E-state index contributed by atoms with van der Waals surface area (Å²) in [6.07, 6.45) is 5.37. The summed E-state index contributed by atoms with van der Waals surface area (Å²) in [7, 11) is 0. The topological polar surface area (TPSA) is 3.24 Å². The van der Waals surface area contributed by atoms with Gasteiger partial charge in [0.2, 0.25) is 0 Å². The number of halogens is 1. The number of rotatable bonds is 3. The van der Waals surface area contributed by atoms with Gasteiger partial charge in [-0.2, -0.15) is 0 Å². The molecule has 20 heavy (non-hydrogen) atoms. The van der Waals surface area contributed by atoms with Crippen LogP contribution >= 0.6 is 27.3 Å². The maximum atomic E-state index is 3.51. The third-order valence-corrected chi connectivity index (χ3v) is 5.54. The van der Waals surface area contributed by atoms with E-state index >= 15 is 0 Å². The zero-order valence-electron chi connectivity index (χ0n) is 11.6. The third kappa shape index (κ3) is 3.51.